The second kappa shape index (κ2) is 7.44. The van der Waals surface area contributed by atoms with Crippen LogP contribution in [0, 0.1) is 11.9 Å². The molecule has 0 radical (unpaired) electrons. The van der Waals surface area contributed by atoms with Gasteiger partial charge in [-0.05, 0) is 17.7 Å². The number of hydrogen-bond acceptors (Lipinski definition) is 5. The normalized spacial score (nSPS) is 26.8. The van der Waals surface area contributed by atoms with E-state index < -0.39 is 35.7 Å². The first-order chi connectivity index (χ1) is 13.5. The number of rotatable bonds is 3. The molecule has 2 aliphatic rings. The van der Waals surface area contributed by atoms with Crippen LogP contribution in [0.1, 0.15) is 24.0 Å². The molecule has 3 heterocycles. The van der Waals surface area contributed by atoms with E-state index in [4.69, 9.17) is 9.47 Å². The maximum atomic E-state index is 14.2. The van der Waals surface area contributed by atoms with Crippen molar-refractivity contribution in [2.24, 2.45) is 0 Å². The van der Waals surface area contributed by atoms with E-state index in [2.05, 4.69) is 4.98 Å². The molecule has 2 aromatic rings. The molecule has 1 aromatic carbocycles. The van der Waals surface area contributed by atoms with Crippen molar-refractivity contribution in [2.75, 3.05) is 13.2 Å². The lowest BCUT2D eigenvalue weighted by atomic mass is 9.77. The Bertz CT molecular complexity index is 851. The number of nitrogens with zero attached hydrogens (tertiary/aromatic N) is 2. The highest BCUT2D eigenvalue weighted by Crippen LogP contribution is 2.41. The maximum absolute atomic E-state index is 14.2. The third kappa shape index (κ3) is 3.57. The first-order valence-corrected chi connectivity index (χ1v) is 9.08. The molecule has 2 aliphatic heterocycles. The minimum absolute atomic E-state index is 0.0498. The summed E-state index contributed by atoms with van der Waals surface area (Å²) in [6, 6.07) is 10.6. The second-order valence-corrected chi connectivity index (χ2v) is 7.20. The van der Waals surface area contributed by atoms with Crippen molar-refractivity contribution in [2.45, 2.75) is 37.1 Å². The zero-order valence-corrected chi connectivity index (χ0v) is 15.1. The molecule has 0 aliphatic carbocycles. The molecule has 1 N–H and O–H groups in total. The summed E-state index contributed by atoms with van der Waals surface area (Å²) in [6.07, 6.45) is -0.399. The number of halogens is 2. The van der Waals surface area contributed by atoms with Gasteiger partial charge in [0.15, 0.2) is 0 Å². The number of piperidine rings is 1. The molecular weight excluding hydrogens is 370 g/mol. The van der Waals surface area contributed by atoms with Crippen molar-refractivity contribution in [3.63, 3.8) is 0 Å². The van der Waals surface area contributed by atoms with Crippen LogP contribution in [-0.2, 0) is 21.7 Å². The number of morpholine rings is 1. The molecule has 0 spiro atoms. The summed E-state index contributed by atoms with van der Waals surface area (Å²) in [5.41, 5.74) is -0.756. The fourth-order valence-corrected chi connectivity index (χ4v) is 4.05. The Morgan fingerprint density at radius 3 is 2.50 bits per heavy atom. The number of benzene rings is 1. The average Bonchev–Trinajstić information content (AvgIpc) is 2.66. The number of ether oxygens (including phenoxy) is 2. The molecule has 0 saturated carbocycles. The van der Waals surface area contributed by atoms with Gasteiger partial charge in [0.25, 0.3) is 0 Å². The van der Waals surface area contributed by atoms with Gasteiger partial charge in [0.2, 0.25) is 11.9 Å². The van der Waals surface area contributed by atoms with E-state index >= 15 is 0 Å². The van der Waals surface area contributed by atoms with Crippen LogP contribution in [0.2, 0.25) is 0 Å². The predicted molar refractivity (Wildman–Crippen MR) is 94.1 cm³/mol. The van der Waals surface area contributed by atoms with E-state index in [1.807, 2.05) is 30.3 Å². The summed E-state index contributed by atoms with van der Waals surface area (Å²) < 4.78 is 38.3. The van der Waals surface area contributed by atoms with E-state index in [9.17, 15) is 18.7 Å². The fraction of sp³-hybridized carbons (Fsp3) is 0.400. The molecule has 148 valence electrons. The van der Waals surface area contributed by atoms with Crippen molar-refractivity contribution in [1.29, 1.82) is 0 Å². The maximum Gasteiger partial charge on any atom is 0.410 e. The van der Waals surface area contributed by atoms with Crippen molar-refractivity contribution < 1.29 is 28.2 Å². The van der Waals surface area contributed by atoms with Gasteiger partial charge >= 0.3 is 6.09 Å². The molecule has 2 atom stereocenters. The zero-order chi connectivity index (χ0) is 19.7. The Morgan fingerprint density at radius 2 is 1.86 bits per heavy atom. The highest BCUT2D eigenvalue weighted by Gasteiger charge is 2.50. The molecule has 1 aromatic heterocycles. The van der Waals surface area contributed by atoms with Crippen molar-refractivity contribution in [3.8, 4) is 0 Å². The van der Waals surface area contributed by atoms with Crippen LogP contribution >= 0.6 is 0 Å². The Balaban J connectivity index is 1.51. The number of hydrogen-bond donors (Lipinski definition) is 1. The smallest absolute Gasteiger partial charge is 0.410 e. The SMILES string of the molecule is O=C(OCc1ccccc1)N1C2COCC1CC(O)(c1ccc(F)nc1F)C2. The number of amides is 1. The average molecular weight is 390 g/mol. The highest BCUT2D eigenvalue weighted by atomic mass is 19.1. The monoisotopic (exact) mass is 390 g/mol. The van der Waals surface area contributed by atoms with E-state index in [0.29, 0.717) is 0 Å². The molecule has 28 heavy (non-hydrogen) atoms. The summed E-state index contributed by atoms with van der Waals surface area (Å²) in [4.78, 5) is 17.4. The lowest BCUT2D eigenvalue weighted by Gasteiger charge is -2.50. The fourth-order valence-electron chi connectivity index (χ4n) is 4.05. The number of fused-ring (bicyclic) bond motifs is 2. The lowest BCUT2D eigenvalue weighted by molar-refractivity contribution is -0.138. The molecule has 2 fully saturated rings. The van der Waals surface area contributed by atoms with E-state index in [1.54, 1.807) is 4.90 Å². The van der Waals surface area contributed by atoms with Gasteiger partial charge in [0, 0.05) is 18.4 Å². The van der Waals surface area contributed by atoms with Gasteiger partial charge in [-0.15, -0.1) is 0 Å². The Labute approximate surface area is 160 Å². The van der Waals surface area contributed by atoms with Crippen LogP contribution in [0.15, 0.2) is 42.5 Å². The first-order valence-electron chi connectivity index (χ1n) is 9.08. The molecule has 6 nitrogen and oxygen atoms in total. The van der Waals surface area contributed by atoms with Crippen LogP contribution in [0.3, 0.4) is 0 Å². The van der Waals surface area contributed by atoms with Gasteiger partial charge in [-0.25, -0.2) is 4.79 Å². The zero-order valence-electron chi connectivity index (χ0n) is 15.1. The number of carbonyl (C=O) groups is 1. The van der Waals surface area contributed by atoms with Gasteiger partial charge in [-0.1, -0.05) is 30.3 Å². The van der Waals surface area contributed by atoms with Crippen molar-refractivity contribution >= 4 is 6.09 Å². The summed E-state index contributed by atoms with van der Waals surface area (Å²) in [5.74, 6) is -1.99. The van der Waals surface area contributed by atoms with Crippen molar-refractivity contribution in [3.05, 3.63) is 65.5 Å². The number of aromatic nitrogens is 1. The minimum atomic E-state index is -1.56. The van der Waals surface area contributed by atoms with E-state index in [0.717, 1.165) is 11.6 Å². The van der Waals surface area contributed by atoms with Crippen LogP contribution < -0.4 is 0 Å². The van der Waals surface area contributed by atoms with Crippen LogP contribution in [0.4, 0.5) is 13.6 Å². The summed E-state index contributed by atoms with van der Waals surface area (Å²) in [7, 11) is 0. The molecule has 2 saturated heterocycles. The third-order valence-corrected chi connectivity index (χ3v) is 5.29. The van der Waals surface area contributed by atoms with Crippen LogP contribution in [0.25, 0.3) is 0 Å². The number of carbonyl (C=O) groups excluding carboxylic acids is 1. The Morgan fingerprint density at radius 1 is 1.18 bits per heavy atom. The van der Waals surface area contributed by atoms with Gasteiger partial charge in [0.05, 0.1) is 30.9 Å². The Hall–Kier alpha value is -2.58. The predicted octanol–water partition coefficient (Wildman–Crippen LogP) is 2.75. The van der Waals surface area contributed by atoms with Gasteiger partial charge < -0.3 is 14.6 Å². The number of aliphatic hydroxyl groups is 1. The second-order valence-electron chi connectivity index (χ2n) is 7.20. The summed E-state index contributed by atoms with van der Waals surface area (Å²) >= 11 is 0. The highest BCUT2D eigenvalue weighted by molar-refractivity contribution is 5.69. The van der Waals surface area contributed by atoms with Gasteiger partial charge in [-0.2, -0.15) is 13.8 Å². The van der Waals surface area contributed by atoms with Gasteiger partial charge in [-0.3, -0.25) is 4.90 Å². The Kier molecular flexibility index (Phi) is 4.99. The molecular formula is C20H20F2N2O4. The molecule has 2 unspecified atom stereocenters. The topological polar surface area (TPSA) is 71.9 Å². The minimum Gasteiger partial charge on any atom is -0.445 e. The van der Waals surface area contributed by atoms with Crippen LogP contribution in [0.5, 0.6) is 0 Å². The van der Waals surface area contributed by atoms with E-state index in [1.165, 1.54) is 6.07 Å². The number of pyridine rings is 1. The summed E-state index contributed by atoms with van der Waals surface area (Å²) in [5, 5.41) is 11.1. The molecule has 4 rings (SSSR count). The molecule has 8 heteroatoms. The van der Waals surface area contributed by atoms with E-state index in [-0.39, 0.29) is 38.2 Å². The lowest BCUT2D eigenvalue weighted by Crippen LogP contribution is -2.62. The quantitative estimate of drug-likeness (QED) is 0.816. The third-order valence-electron chi connectivity index (χ3n) is 5.29. The standard InChI is InChI=1S/C20H20F2N2O4/c21-17-7-6-16(18(22)23-17)20(26)8-14-11-27-12-15(9-20)24(14)19(25)28-10-13-4-2-1-3-5-13/h1-7,14-15,26H,8-12H2. The first kappa shape index (κ1) is 18.8. The summed E-state index contributed by atoms with van der Waals surface area (Å²) in [6.45, 7) is 0.544. The van der Waals surface area contributed by atoms with Gasteiger partial charge in [0.1, 0.15) is 6.61 Å². The largest absolute Gasteiger partial charge is 0.445 e. The molecule has 1 amide bonds. The van der Waals surface area contributed by atoms with Crippen molar-refractivity contribution in [1.82, 2.24) is 9.88 Å². The van der Waals surface area contributed by atoms with Crippen LogP contribution in [-0.4, -0.2) is 46.4 Å². The molecule has 2 bridgehead atoms.